The summed E-state index contributed by atoms with van der Waals surface area (Å²) in [5.41, 5.74) is 0. The average Bonchev–Trinajstić information content (AvgIpc) is 3.56. The Kier molecular flexibility index (Phi) is 7.42. The Morgan fingerprint density at radius 3 is 2.13 bits per heavy atom. The van der Waals surface area contributed by atoms with Crippen LogP contribution in [0.3, 0.4) is 0 Å². The van der Waals surface area contributed by atoms with Gasteiger partial charge in [0.1, 0.15) is 16.8 Å². The van der Waals surface area contributed by atoms with Gasteiger partial charge < -0.3 is 4.43 Å². The van der Waals surface area contributed by atoms with Crippen molar-refractivity contribution in [3.8, 4) is 0 Å². The zero-order valence-electron chi connectivity index (χ0n) is 21.9. The number of hydrogen-bond acceptors (Lipinski definition) is 7. The molecule has 0 spiro atoms. The van der Waals surface area contributed by atoms with Crippen LogP contribution >= 0.6 is 11.3 Å². The van der Waals surface area contributed by atoms with Crippen LogP contribution in [0.5, 0.6) is 0 Å². The number of anilines is 2. The molecule has 3 heterocycles. The summed E-state index contributed by atoms with van der Waals surface area (Å²) < 4.78 is 34.9. The Labute approximate surface area is 233 Å². The average molecular weight is 579 g/mol. The van der Waals surface area contributed by atoms with Crippen LogP contribution in [0, 0.1) is 0 Å². The maximum absolute atomic E-state index is 13.7. The third-order valence-corrected chi connectivity index (χ3v) is 14.0. The predicted molar refractivity (Wildman–Crippen MR) is 157 cm³/mol. The first-order valence-electron chi connectivity index (χ1n) is 12.6. The molecule has 2 aromatic carbocycles. The van der Waals surface area contributed by atoms with E-state index in [2.05, 4.69) is 59.7 Å². The van der Waals surface area contributed by atoms with Gasteiger partial charge in [0.2, 0.25) is 0 Å². The number of nitrogens with one attached hydrogen (secondary N) is 1. The first-order chi connectivity index (χ1) is 18.6. The molecule has 1 aliphatic rings. The number of carbonyl (C=O) groups excluding carboxylic acids is 1. The molecule has 202 valence electrons. The second kappa shape index (κ2) is 10.6. The molecule has 0 bridgehead atoms. The number of amides is 1. The Morgan fingerprint density at radius 2 is 1.62 bits per heavy atom. The minimum absolute atomic E-state index is 0.00629. The minimum atomic E-state index is -3.84. The van der Waals surface area contributed by atoms with Gasteiger partial charge in [0, 0.05) is 24.3 Å². The first-order valence-corrected chi connectivity index (χ1v) is 16.9. The second-order valence-electron chi connectivity index (χ2n) is 10.3. The molecule has 1 atom stereocenters. The minimum Gasteiger partial charge on any atom is -0.395 e. The zero-order chi connectivity index (χ0) is 27.7. The molecule has 8 nitrogen and oxygen atoms in total. The smallest absolute Gasteiger partial charge is 0.265 e. The summed E-state index contributed by atoms with van der Waals surface area (Å²) in [6.45, 7) is 6.96. The van der Waals surface area contributed by atoms with E-state index in [9.17, 15) is 13.2 Å². The third kappa shape index (κ3) is 5.27. The number of pyridine rings is 1. The van der Waals surface area contributed by atoms with Gasteiger partial charge in [-0.3, -0.25) is 14.4 Å². The third-order valence-electron chi connectivity index (χ3n) is 6.85. The van der Waals surface area contributed by atoms with E-state index in [1.807, 2.05) is 36.4 Å². The maximum Gasteiger partial charge on any atom is 0.265 e. The van der Waals surface area contributed by atoms with Gasteiger partial charge in [0.05, 0.1) is 0 Å². The Morgan fingerprint density at radius 1 is 0.974 bits per heavy atom. The van der Waals surface area contributed by atoms with Crippen molar-refractivity contribution in [3.05, 3.63) is 90.6 Å². The fourth-order valence-electron chi connectivity index (χ4n) is 5.03. The summed E-state index contributed by atoms with van der Waals surface area (Å²) in [7, 11) is -6.75. The number of thiazole rings is 1. The molecule has 0 radical (unpaired) electrons. The summed E-state index contributed by atoms with van der Waals surface area (Å²) in [5, 5.41) is 3.91. The van der Waals surface area contributed by atoms with Crippen LogP contribution in [0.1, 0.15) is 27.2 Å². The summed E-state index contributed by atoms with van der Waals surface area (Å²) in [6, 6.07) is 23.4. The van der Waals surface area contributed by atoms with Crippen LogP contribution < -0.4 is 20.0 Å². The fourth-order valence-corrected chi connectivity index (χ4v) is 11.4. The number of benzene rings is 2. The van der Waals surface area contributed by atoms with E-state index >= 15 is 0 Å². The highest BCUT2D eigenvalue weighted by Crippen LogP contribution is 2.39. The SMILES string of the molecule is CC(C)(C)[Si](O[C@H]1CCN(c2ccc(S(=O)(=O)Nc3nccs3)cn2)C1=O)(c1ccccc1)c1ccccc1. The monoisotopic (exact) mass is 578 g/mol. The molecule has 2 aromatic heterocycles. The molecule has 0 saturated carbocycles. The zero-order valence-corrected chi connectivity index (χ0v) is 24.6. The van der Waals surface area contributed by atoms with E-state index < -0.39 is 24.4 Å². The van der Waals surface area contributed by atoms with Gasteiger partial charge in [0.15, 0.2) is 5.13 Å². The molecule has 1 aliphatic heterocycles. The van der Waals surface area contributed by atoms with Gasteiger partial charge >= 0.3 is 0 Å². The van der Waals surface area contributed by atoms with Gasteiger partial charge in [-0.05, 0) is 34.0 Å². The normalized spacial score (nSPS) is 16.4. The van der Waals surface area contributed by atoms with Crippen molar-refractivity contribution in [2.24, 2.45) is 0 Å². The molecule has 1 N–H and O–H groups in total. The lowest BCUT2D eigenvalue weighted by Crippen LogP contribution is -2.68. The lowest BCUT2D eigenvalue weighted by molar-refractivity contribution is -0.123. The van der Waals surface area contributed by atoms with Crippen LogP contribution in [-0.4, -0.2) is 45.3 Å². The highest BCUT2D eigenvalue weighted by molar-refractivity contribution is 7.93. The summed E-state index contributed by atoms with van der Waals surface area (Å²) in [4.78, 5) is 23.6. The number of carbonyl (C=O) groups is 1. The summed E-state index contributed by atoms with van der Waals surface area (Å²) in [5.74, 6) is 0.216. The summed E-state index contributed by atoms with van der Waals surface area (Å²) >= 11 is 1.19. The molecule has 1 amide bonds. The molecule has 4 aromatic rings. The van der Waals surface area contributed by atoms with Gasteiger partial charge in [-0.1, -0.05) is 81.4 Å². The molecule has 1 fully saturated rings. The molecule has 5 rings (SSSR count). The number of aromatic nitrogens is 2. The van der Waals surface area contributed by atoms with Crippen LogP contribution in [0.2, 0.25) is 5.04 Å². The van der Waals surface area contributed by atoms with E-state index in [0.717, 1.165) is 10.4 Å². The quantitative estimate of drug-likeness (QED) is 0.317. The van der Waals surface area contributed by atoms with Crippen molar-refractivity contribution in [2.75, 3.05) is 16.2 Å². The van der Waals surface area contributed by atoms with Crippen molar-refractivity contribution >= 4 is 56.9 Å². The number of hydrogen-bond donors (Lipinski definition) is 1. The topological polar surface area (TPSA) is 101 Å². The van der Waals surface area contributed by atoms with E-state index in [4.69, 9.17) is 4.43 Å². The van der Waals surface area contributed by atoms with E-state index in [1.54, 1.807) is 16.3 Å². The predicted octanol–water partition coefficient (Wildman–Crippen LogP) is 4.02. The number of nitrogens with zero attached hydrogens (tertiary/aromatic N) is 3. The van der Waals surface area contributed by atoms with Gasteiger partial charge in [-0.25, -0.2) is 18.4 Å². The molecular weight excluding hydrogens is 549 g/mol. The maximum atomic E-state index is 13.7. The highest BCUT2D eigenvalue weighted by Gasteiger charge is 2.53. The number of sulfonamides is 1. The summed E-state index contributed by atoms with van der Waals surface area (Å²) in [6.07, 6.45) is 2.65. The van der Waals surface area contributed by atoms with Gasteiger partial charge in [-0.2, -0.15) is 0 Å². The van der Waals surface area contributed by atoms with Crippen molar-refractivity contribution in [2.45, 2.75) is 43.2 Å². The first kappa shape index (κ1) is 27.2. The largest absolute Gasteiger partial charge is 0.395 e. The van der Waals surface area contributed by atoms with E-state index in [1.165, 1.54) is 29.8 Å². The Bertz CT molecular complexity index is 1490. The Hall–Kier alpha value is -3.38. The van der Waals surface area contributed by atoms with Crippen molar-refractivity contribution in [1.29, 1.82) is 0 Å². The molecule has 0 unspecified atom stereocenters. The lowest BCUT2D eigenvalue weighted by atomic mass is 10.2. The molecule has 1 saturated heterocycles. The standard InChI is InChI=1S/C28H30N4O4S2Si/c1-28(2,3)39(22-10-6-4-7-11-22,23-12-8-5-9-13-23)36-24-16-18-32(26(24)33)25-15-14-21(20-30-25)38(34,35)31-27-29-17-19-37-27/h4-15,17,19-20,24H,16,18H2,1-3H3,(H,29,31)/t24-/m0/s1. The van der Waals surface area contributed by atoms with Crippen LogP contribution in [0.25, 0.3) is 0 Å². The molecule has 39 heavy (non-hydrogen) atoms. The van der Waals surface area contributed by atoms with Crippen LogP contribution in [-0.2, 0) is 19.2 Å². The van der Waals surface area contributed by atoms with Crippen molar-refractivity contribution < 1.29 is 17.6 Å². The lowest BCUT2D eigenvalue weighted by Gasteiger charge is -2.44. The van der Waals surface area contributed by atoms with Gasteiger partial charge in [-0.15, -0.1) is 11.3 Å². The highest BCUT2D eigenvalue weighted by atomic mass is 32.2. The van der Waals surface area contributed by atoms with Crippen LogP contribution in [0.4, 0.5) is 10.9 Å². The molecular formula is C28H30N4O4S2Si. The van der Waals surface area contributed by atoms with Crippen LogP contribution in [0.15, 0.2) is 95.5 Å². The molecule has 0 aliphatic carbocycles. The van der Waals surface area contributed by atoms with Crippen molar-refractivity contribution in [1.82, 2.24) is 9.97 Å². The van der Waals surface area contributed by atoms with E-state index in [0.29, 0.717) is 18.8 Å². The van der Waals surface area contributed by atoms with E-state index in [-0.39, 0.29) is 21.0 Å². The second-order valence-corrected chi connectivity index (χ2v) is 17.2. The van der Waals surface area contributed by atoms with Gasteiger partial charge in [0.25, 0.3) is 24.2 Å². The Balaban J connectivity index is 1.42. The molecule has 11 heteroatoms. The van der Waals surface area contributed by atoms with Crippen molar-refractivity contribution in [3.63, 3.8) is 0 Å². The fraction of sp³-hybridized carbons (Fsp3) is 0.250. The number of rotatable bonds is 8.